The minimum Gasteiger partial charge on any atom is -0.493 e. The SMILES string of the molecule is COCCOc1cc([N+](=O)[O-])c(C(=O)NC2CCCNC2)cc1OC.Cl. The van der Waals surface area contributed by atoms with Crippen molar-refractivity contribution in [2.24, 2.45) is 0 Å². The molecule has 1 unspecified atom stereocenters. The fourth-order valence-electron chi connectivity index (χ4n) is 2.63. The van der Waals surface area contributed by atoms with Gasteiger partial charge in [0.2, 0.25) is 0 Å². The van der Waals surface area contributed by atoms with Gasteiger partial charge in [-0.05, 0) is 19.4 Å². The maximum atomic E-state index is 12.5. The van der Waals surface area contributed by atoms with Crippen LogP contribution in [0.2, 0.25) is 0 Å². The number of methoxy groups -OCH3 is 2. The Bertz CT molecular complexity index is 622. The van der Waals surface area contributed by atoms with Crippen LogP contribution in [0.5, 0.6) is 11.5 Å². The average molecular weight is 390 g/mol. The molecule has 2 N–H and O–H groups in total. The van der Waals surface area contributed by atoms with Crippen LogP contribution in [0.15, 0.2) is 12.1 Å². The second kappa shape index (κ2) is 10.8. The molecule has 1 fully saturated rings. The first-order valence-corrected chi connectivity index (χ1v) is 8.06. The van der Waals surface area contributed by atoms with Gasteiger partial charge in [-0.25, -0.2) is 0 Å². The molecule has 26 heavy (non-hydrogen) atoms. The van der Waals surface area contributed by atoms with Gasteiger partial charge in [-0.2, -0.15) is 0 Å². The van der Waals surface area contributed by atoms with Crippen LogP contribution in [0, 0.1) is 10.1 Å². The molecule has 1 atom stereocenters. The van der Waals surface area contributed by atoms with Crippen molar-refractivity contribution >= 4 is 24.0 Å². The molecule has 0 aromatic heterocycles. The first kappa shape index (κ1) is 21.9. The molecule has 0 saturated carbocycles. The van der Waals surface area contributed by atoms with Gasteiger partial charge in [0.05, 0.1) is 24.7 Å². The molecule has 146 valence electrons. The molecule has 1 aliphatic rings. The van der Waals surface area contributed by atoms with E-state index in [0.717, 1.165) is 19.4 Å². The lowest BCUT2D eigenvalue weighted by Crippen LogP contribution is -2.45. The van der Waals surface area contributed by atoms with Crippen LogP contribution >= 0.6 is 12.4 Å². The van der Waals surface area contributed by atoms with E-state index in [4.69, 9.17) is 14.2 Å². The molecule has 2 rings (SSSR count). The monoisotopic (exact) mass is 389 g/mol. The Morgan fingerprint density at radius 1 is 1.35 bits per heavy atom. The van der Waals surface area contributed by atoms with E-state index < -0.39 is 10.8 Å². The van der Waals surface area contributed by atoms with Crippen LogP contribution < -0.4 is 20.1 Å². The number of benzene rings is 1. The summed E-state index contributed by atoms with van der Waals surface area (Å²) in [5, 5.41) is 17.4. The highest BCUT2D eigenvalue weighted by Gasteiger charge is 2.26. The molecule has 10 heteroatoms. The summed E-state index contributed by atoms with van der Waals surface area (Å²) in [6.45, 7) is 2.10. The Morgan fingerprint density at radius 3 is 2.69 bits per heavy atom. The third-order valence-electron chi connectivity index (χ3n) is 3.90. The maximum absolute atomic E-state index is 12.5. The number of piperidine rings is 1. The van der Waals surface area contributed by atoms with Gasteiger partial charge in [-0.3, -0.25) is 14.9 Å². The van der Waals surface area contributed by atoms with Crippen LogP contribution in [0.25, 0.3) is 0 Å². The van der Waals surface area contributed by atoms with Gasteiger partial charge in [0.1, 0.15) is 12.2 Å². The third kappa shape index (κ3) is 5.72. The van der Waals surface area contributed by atoms with Crippen LogP contribution in [-0.4, -0.2) is 57.4 Å². The lowest BCUT2D eigenvalue weighted by molar-refractivity contribution is -0.385. The first-order chi connectivity index (χ1) is 12.1. The molecule has 1 amide bonds. The number of carbonyl (C=O) groups excluding carboxylic acids is 1. The summed E-state index contributed by atoms with van der Waals surface area (Å²) in [5.74, 6) is -0.0436. The number of amides is 1. The van der Waals surface area contributed by atoms with Crippen molar-refractivity contribution in [1.82, 2.24) is 10.6 Å². The zero-order valence-electron chi connectivity index (χ0n) is 14.8. The number of nitrogens with one attached hydrogen (secondary N) is 2. The van der Waals surface area contributed by atoms with E-state index >= 15 is 0 Å². The van der Waals surface area contributed by atoms with Crippen molar-refractivity contribution < 1.29 is 23.9 Å². The summed E-state index contributed by atoms with van der Waals surface area (Å²) in [4.78, 5) is 23.3. The molecule has 1 aliphatic heterocycles. The van der Waals surface area contributed by atoms with Gasteiger partial charge in [0.15, 0.2) is 11.5 Å². The van der Waals surface area contributed by atoms with Crippen molar-refractivity contribution in [2.75, 3.05) is 40.5 Å². The molecule has 0 radical (unpaired) electrons. The Kier molecular flexibility index (Phi) is 9.11. The molecule has 9 nitrogen and oxygen atoms in total. The van der Waals surface area contributed by atoms with Crippen molar-refractivity contribution in [3.05, 3.63) is 27.8 Å². The van der Waals surface area contributed by atoms with Gasteiger partial charge < -0.3 is 24.8 Å². The molecule has 1 heterocycles. The van der Waals surface area contributed by atoms with E-state index in [1.54, 1.807) is 0 Å². The normalized spacial score (nSPS) is 16.3. The summed E-state index contributed by atoms with van der Waals surface area (Å²) in [6, 6.07) is 2.50. The third-order valence-corrected chi connectivity index (χ3v) is 3.90. The number of nitrogens with zero attached hydrogens (tertiary/aromatic N) is 1. The van der Waals surface area contributed by atoms with Crippen molar-refractivity contribution in [2.45, 2.75) is 18.9 Å². The molecule has 0 bridgehead atoms. The smallest absolute Gasteiger partial charge is 0.286 e. The van der Waals surface area contributed by atoms with Gasteiger partial charge in [-0.15, -0.1) is 12.4 Å². The molecule has 0 spiro atoms. The van der Waals surface area contributed by atoms with E-state index in [0.29, 0.717) is 13.2 Å². The number of hydrogen-bond acceptors (Lipinski definition) is 7. The second-order valence-electron chi connectivity index (χ2n) is 5.64. The van der Waals surface area contributed by atoms with Crippen LogP contribution in [-0.2, 0) is 4.74 Å². The molecular weight excluding hydrogens is 366 g/mol. The van der Waals surface area contributed by atoms with E-state index in [-0.39, 0.29) is 47.8 Å². The number of hydrogen-bond donors (Lipinski definition) is 2. The quantitative estimate of drug-likeness (QED) is 0.394. The van der Waals surface area contributed by atoms with E-state index in [9.17, 15) is 14.9 Å². The fraction of sp³-hybridized carbons (Fsp3) is 0.562. The number of nitro groups is 1. The highest BCUT2D eigenvalue weighted by molar-refractivity contribution is 5.99. The molecule has 1 saturated heterocycles. The second-order valence-corrected chi connectivity index (χ2v) is 5.64. The predicted molar refractivity (Wildman–Crippen MR) is 97.6 cm³/mol. The standard InChI is InChI=1S/C16H23N3O6.ClH/c1-23-6-7-25-15-9-13(19(21)22)12(8-14(15)24-2)16(20)18-11-4-3-5-17-10-11;/h8-9,11,17H,3-7,10H2,1-2H3,(H,18,20);1H. The molecule has 1 aromatic carbocycles. The number of nitro benzene ring substituents is 1. The van der Waals surface area contributed by atoms with Gasteiger partial charge in [0.25, 0.3) is 11.6 Å². The van der Waals surface area contributed by atoms with E-state index in [1.807, 2.05) is 0 Å². The first-order valence-electron chi connectivity index (χ1n) is 8.06. The minimum atomic E-state index is -0.601. The number of ether oxygens (including phenoxy) is 3. The average Bonchev–Trinajstić information content (AvgIpc) is 2.62. The van der Waals surface area contributed by atoms with E-state index in [2.05, 4.69) is 10.6 Å². The summed E-state index contributed by atoms with van der Waals surface area (Å²) in [7, 11) is 2.94. The van der Waals surface area contributed by atoms with Crippen LogP contribution in [0.1, 0.15) is 23.2 Å². The Hall–Kier alpha value is -2.10. The number of carbonyl (C=O) groups is 1. The zero-order chi connectivity index (χ0) is 18.2. The van der Waals surface area contributed by atoms with Crippen molar-refractivity contribution in [3.8, 4) is 11.5 Å². The Labute approximate surface area is 157 Å². The number of rotatable bonds is 8. The highest BCUT2D eigenvalue weighted by atomic mass is 35.5. The number of halogens is 1. The summed E-state index contributed by atoms with van der Waals surface area (Å²) < 4.78 is 15.6. The summed E-state index contributed by atoms with van der Waals surface area (Å²) in [5.41, 5.74) is -0.374. The predicted octanol–water partition coefficient (Wildman–Crippen LogP) is 1.53. The van der Waals surface area contributed by atoms with Gasteiger partial charge in [0, 0.05) is 25.8 Å². The minimum absolute atomic E-state index is 0. The van der Waals surface area contributed by atoms with Crippen LogP contribution in [0.3, 0.4) is 0 Å². The summed E-state index contributed by atoms with van der Waals surface area (Å²) in [6.07, 6.45) is 1.78. The van der Waals surface area contributed by atoms with Crippen molar-refractivity contribution in [1.29, 1.82) is 0 Å². The topological polar surface area (TPSA) is 112 Å². The largest absolute Gasteiger partial charge is 0.493 e. The van der Waals surface area contributed by atoms with Gasteiger partial charge >= 0.3 is 0 Å². The lowest BCUT2D eigenvalue weighted by Gasteiger charge is -2.23. The molecule has 0 aliphatic carbocycles. The maximum Gasteiger partial charge on any atom is 0.286 e. The van der Waals surface area contributed by atoms with E-state index in [1.165, 1.54) is 26.4 Å². The lowest BCUT2D eigenvalue weighted by atomic mass is 10.1. The fourth-order valence-corrected chi connectivity index (χ4v) is 2.63. The van der Waals surface area contributed by atoms with Gasteiger partial charge in [-0.1, -0.05) is 0 Å². The Morgan fingerprint density at radius 2 is 2.12 bits per heavy atom. The van der Waals surface area contributed by atoms with Crippen LogP contribution in [0.4, 0.5) is 5.69 Å². The van der Waals surface area contributed by atoms with Crippen molar-refractivity contribution in [3.63, 3.8) is 0 Å². The zero-order valence-corrected chi connectivity index (χ0v) is 15.6. The Balaban J connectivity index is 0.00000338. The highest BCUT2D eigenvalue weighted by Crippen LogP contribution is 2.34. The molecule has 1 aromatic rings. The summed E-state index contributed by atoms with van der Waals surface area (Å²) >= 11 is 0. The molecular formula is C16H24ClN3O6.